The number of ether oxygens (including phenoxy) is 1. The maximum Gasteiger partial charge on any atom is 0.125 e. The number of hydrogen-bond acceptors (Lipinski definition) is 1. The summed E-state index contributed by atoms with van der Waals surface area (Å²) in [5.74, 6) is 1.10. The molecular weight excluding hydrogens is 258 g/mol. The van der Waals surface area contributed by atoms with Gasteiger partial charge in [-0.1, -0.05) is 26.7 Å². The topological polar surface area (TPSA) is 14.2 Å². The highest BCUT2D eigenvalue weighted by Crippen LogP contribution is 2.30. The van der Waals surface area contributed by atoms with E-state index in [-0.39, 0.29) is 0 Å². The number of rotatable bonds is 8. The Kier molecular flexibility index (Phi) is 5.91. The van der Waals surface area contributed by atoms with Crippen molar-refractivity contribution in [3.63, 3.8) is 0 Å². The van der Waals surface area contributed by atoms with Crippen LogP contribution >= 0.6 is 0 Å². The van der Waals surface area contributed by atoms with Crippen molar-refractivity contribution in [3.05, 3.63) is 47.8 Å². The van der Waals surface area contributed by atoms with Crippen molar-refractivity contribution in [3.8, 4) is 11.4 Å². The molecule has 0 aliphatic rings. The van der Waals surface area contributed by atoms with Crippen molar-refractivity contribution in [2.75, 3.05) is 7.11 Å². The molecule has 0 bridgehead atoms. The number of hydrogen-bond donors (Lipinski definition) is 0. The first kappa shape index (κ1) is 15.7. The molecule has 0 N–H and O–H groups in total. The number of methoxy groups -OCH3 is 1. The summed E-state index contributed by atoms with van der Waals surface area (Å²) in [6, 6.07) is 8.71. The summed E-state index contributed by atoms with van der Waals surface area (Å²) in [5, 5.41) is 0. The first-order chi connectivity index (χ1) is 10.3. The molecule has 0 unspecified atom stereocenters. The molecule has 0 aliphatic heterocycles. The summed E-state index contributed by atoms with van der Waals surface area (Å²) < 4.78 is 7.92. The van der Waals surface area contributed by atoms with E-state index in [1.165, 1.54) is 42.5 Å². The minimum absolute atomic E-state index is 1.09. The zero-order chi connectivity index (χ0) is 15.1. The number of benzene rings is 1. The zero-order valence-corrected chi connectivity index (χ0v) is 13.6. The Labute approximate surface area is 128 Å². The van der Waals surface area contributed by atoms with Gasteiger partial charge >= 0.3 is 0 Å². The van der Waals surface area contributed by atoms with Gasteiger partial charge in [-0.05, 0) is 61.1 Å². The van der Waals surface area contributed by atoms with Crippen LogP contribution in [0.3, 0.4) is 0 Å². The van der Waals surface area contributed by atoms with E-state index in [9.17, 15) is 0 Å². The summed E-state index contributed by atoms with van der Waals surface area (Å²) >= 11 is 0. The van der Waals surface area contributed by atoms with Crippen molar-refractivity contribution in [2.45, 2.75) is 52.4 Å². The lowest BCUT2D eigenvalue weighted by Crippen LogP contribution is -2.02. The fourth-order valence-electron chi connectivity index (χ4n) is 2.76. The van der Waals surface area contributed by atoms with Gasteiger partial charge in [-0.15, -0.1) is 0 Å². The Morgan fingerprint density at radius 3 is 1.86 bits per heavy atom. The largest absolute Gasteiger partial charge is 0.496 e. The van der Waals surface area contributed by atoms with Crippen LogP contribution in [0.4, 0.5) is 0 Å². The second kappa shape index (κ2) is 7.92. The maximum absolute atomic E-state index is 5.73. The molecule has 114 valence electrons. The molecule has 2 heteroatoms. The normalized spacial score (nSPS) is 10.8. The monoisotopic (exact) mass is 285 g/mol. The van der Waals surface area contributed by atoms with Crippen molar-refractivity contribution >= 4 is 0 Å². The molecule has 0 aliphatic carbocycles. The van der Waals surface area contributed by atoms with Crippen molar-refractivity contribution in [2.24, 2.45) is 0 Å². The summed E-state index contributed by atoms with van der Waals surface area (Å²) in [4.78, 5) is 0. The summed E-state index contributed by atoms with van der Waals surface area (Å²) in [6.07, 6.45) is 11.2. The van der Waals surface area contributed by atoms with Gasteiger partial charge < -0.3 is 9.30 Å². The highest BCUT2D eigenvalue weighted by Gasteiger charge is 2.12. The summed E-state index contributed by atoms with van der Waals surface area (Å²) in [6.45, 7) is 4.47. The van der Waals surface area contributed by atoms with Crippen LogP contribution in [0.1, 0.15) is 50.7 Å². The van der Waals surface area contributed by atoms with Crippen LogP contribution in [-0.2, 0) is 12.8 Å². The summed E-state index contributed by atoms with van der Waals surface area (Å²) in [7, 11) is 1.80. The lowest BCUT2D eigenvalue weighted by atomic mass is 9.99. The highest BCUT2D eigenvalue weighted by atomic mass is 16.5. The molecule has 0 amide bonds. The van der Waals surface area contributed by atoms with E-state index in [0.717, 1.165) is 18.6 Å². The number of unbranched alkanes of at least 4 members (excludes halogenated alkanes) is 2. The van der Waals surface area contributed by atoms with Gasteiger partial charge in [-0.2, -0.15) is 0 Å². The Hall–Kier alpha value is -1.70. The van der Waals surface area contributed by atoms with E-state index in [1.54, 1.807) is 7.11 Å². The number of nitrogens with zero attached hydrogens (tertiary/aromatic N) is 1. The van der Waals surface area contributed by atoms with Gasteiger partial charge in [0.15, 0.2) is 0 Å². The molecule has 2 aromatic rings. The lowest BCUT2D eigenvalue weighted by Gasteiger charge is -2.16. The van der Waals surface area contributed by atoms with Crippen LogP contribution in [-0.4, -0.2) is 11.7 Å². The molecule has 1 heterocycles. The van der Waals surface area contributed by atoms with Gasteiger partial charge in [-0.3, -0.25) is 0 Å². The van der Waals surface area contributed by atoms with Gasteiger partial charge in [0, 0.05) is 18.1 Å². The Balaban J connectivity index is 2.42. The first-order valence-electron chi connectivity index (χ1n) is 8.13. The van der Waals surface area contributed by atoms with Gasteiger partial charge in [-0.25, -0.2) is 0 Å². The zero-order valence-electron chi connectivity index (χ0n) is 13.6. The molecule has 1 aromatic heterocycles. The molecule has 1 aromatic carbocycles. The van der Waals surface area contributed by atoms with Crippen LogP contribution in [0.15, 0.2) is 36.7 Å². The van der Waals surface area contributed by atoms with Crippen molar-refractivity contribution in [1.82, 2.24) is 4.57 Å². The SMILES string of the molecule is CCCCc1cc(-n2cccc2)cc(CCCC)c1OC. The fraction of sp³-hybridized carbons (Fsp3) is 0.474. The van der Waals surface area contributed by atoms with E-state index >= 15 is 0 Å². The third-order valence-electron chi connectivity index (χ3n) is 3.93. The number of aryl methyl sites for hydroxylation is 2. The van der Waals surface area contributed by atoms with E-state index in [2.05, 4.69) is 55.1 Å². The predicted molar refractivity (Wildman–Crippen MR) is 89.5 cm³/mol. The minimum Gasteiger partial charge on any atom is -0.496 e. The molecule has 2 rings (SSSR count). The van der Waals surface area contributed by atoms with Gasteiger partial charge in [0.1, 0.15) is 5.75 Å². The Bertz CT molecular complexity index is 514. The average Bonchev–Trinajstić information content (AvgIpc) is 3.04. The van der Waals surface area contributed by atoms with E-state index in [1.807, 2.05) is 0 Å². The third-order valence-corrected chi connectivity index (χ3v) is 3.93. The van der Waals surface area contributed by atoms with Crippen LogP contribution in [0.2, 0.25) is 0 Å². The summed E-state index contributed by atoms with van der Waals surface area (Å²) in [5.41, 5.74) is 3.94. The van der Waals surface area contributed by atoms with Crippen LogP contribution in [0, 0.1) is 0 Å². The molecule has 0 atom stereocenters. The predicted octanol–water partition coefficient (Wildman–Crippen LogP) is 5.17. The molecule has 21 heavy (non-hydrogen) atoms. The number of aromatic nitrogens is 1. The quantitative estimate of drug-likeness (QED) is 0.652. The minimum atomic E-state index is 1.09. The third kappa shape index (κ3) is 3.90. The first-order valence-corrected chi connectivity index (χ1v) is 8.13. The smallest absolute Gasteiger partial charge is 0.125 e. The van der Waals surface area contributed by atoms with Crippen LogP contribution in [0.25, 0.3) is 5.69 Å². The molecule has 0 saturated carbocycles. The van der Waals surface area contributed by atoms with Gasteiger partial charge in [0.2, 0.25) is 0 Å². The molecule has 0 saturated heterocycles. The average molecular weight is 285 g/mol. The molecule has 0 fully saturated rings. The second-order valence-corrected chi connectivity index (χ2v) is 5.59. The standard InChI is InChI=1S/C19H27NO/c1-4-6-10-16-14-18(20-12-8-9-13-20)15-17(11-7-5-2)19(16)21-3/h8-9,12-15H,4-7,10-11H2,1-3H3. The van der Waals surface area contributed by atoms with Crippen molar-refractivity contribution < 1.29 is 4.74 Å². The molecule has 0 spiro atoms. The van der Waals surface area contributed by atoms with E-state index in [0.29, 0.717) is 0 Å². The highest BCUT2D eigenvalue weighted by molar-refractivity contribution is 5.51. The molecule has 0 radical (unpaired) electrons. The maximum atomic E-state index is 5.73. The molecule has 2 nitrogen and oxygen atoms in total. The second-order valence-electron chi connectivity index (χ2n) is 5.59. The fourth-order valence-corrected chi connectivity index (χ4v) is 2.76. The Morgan fingerprint density at radius 2 is 1.43 bits per heavy atom. The van der Waals surface area contributed by atoms with Crippen molar-refractivity contribution in [1.29, 1.82) is 0 Å². The van der Waals surface area contributed by atoms with Crippen LogP contribution < -0.4 is 4.74 Å². The van der Waals surface area contributed by atoms with E-state index in [4.69, 9.17) is 4.74 Å². The Morgan fingerprint density at radius 1 is 0.905 bits per heavy atom. The van der Waals surface area contributed by atoms with E-state index < -0.39 is 0 Å². The lowest BCUT2D eigenvalue weighted by molar-refractivity contribution is 0.403. The van der Waals surface area contributed by atoms with Gasteiger partial charge in [0.25, 0.3) is 0 Å². The van der Waals surface area contributed by atoms with Crippen LogP contribution in [0.5, 0.6) is 5.75 Å². The molecular formula is C19H27NO. The van der Waals surface area contributed by atoms with Gasteiger partial charge in [0.05, 0.1) is 7.11 Å².